The van der Waals surface area contributed by atoms with E-state index in [9.17, 15) is 13.0 Å². The first kappa shape index (κ1) is 19.7. The summed E-state index contributed by atoms with van der Waals surface area (Å²) < 4.78 is 36.2. The van der Waals surface area contributed by atoms with Crippen LogP contribution in [0.3, 0.4) is 0 Å². The molecule has 2 heterocycles. The first-order valence-electron chi connectivity index (χ1n) is 8.06. The molecular formula is C19H23N3O3S. The molecule has 1 aromatic carbocycles. The minimum Gasteiger partial charge on any atom is -0.744 e. The molecule has 0 atom stereocenters. The monoisotopic (exact) mass is 373 g/mol. The third-order valence-corrected chi connectivity index (χ3v) is 4.91. The quantitative estimate of drug-likeness (QED) is 0.432. The third-order valence-electron chi connectivity index (χ3n) is 3.77. The van der Waals surface area contributed by atoms with Crippen LogP contribution in [0.2, 0.25) is 0 Å². The summed E-state index contributed by atoms with van der Waals surface area (Å²) >= 11 is 0. The van der Waals surface area contributed by atoms with E-state index in [0.717, 1.165) is 12.1 Å². The zero-order chi connectivity index (χ0) is 19.3. The van der Waals surface area contributed by atoms with E-state index in [-0.39, 0.29) is 4.90 Å². The van der Waals surface area contributed by atoms with Crippen molar-refractivity contribution >= 4 is 10.1 Å². The summed E-state index contributed by atoms with van der Waals surface area (Å²) in [6.45, 7) is 5.99. The van der Waals surface area contributed by atoms with Crippen molar-refractivity contribution in [1.29, 1.82) is 0 Å². The topological polar surface area (TPSA) is 92.0 Å². The first-order chi connectivity index (χ1) is 12.2. The van der Waals surface area contributed by atoms with Gasteiger partial charge in [0.15, 0.2) is 6.20 Å². The molecule has 138 valence electrons. The van der Waals surface area contributed by atoms with Crippen molar-refractivity contribution in [2.45, 2.75) is 32.2 Å². The lowest BCUT2D eigenvalue weighted by molar-refractivity contribution is -0.639. The Hall–Kier alpha value is -2.64. The van der Waals surface area contributed by atoms with E-state index in [1.165, 1.54) is 5.56 Å². The predicted octanol–water partition coefficient (Wildman–Crippen LogP) is 2.05. The van der Waals surface area contributed by atoms with Crippen LogP contribution in [0, 0.1) is 20.8 Å². The summed E-state index contributed by atoms with van der Waals surface area (Å²) in [6, 6.07) is 11.4. The van der Waals surface area contributed by atoms with Crippen LogP contribution in [-0.4, -0.2) is 17.5 Å². The number of rotatable bonds is 3. The highest BCUT2D eigenvalue weighted by Gasteiger charge is 2.09. The fraction of sp³-hybridized carbons (Fsp3) is 0.211. The van der Waals surface area contributed by atoms with Crippen LogP contribution >= 0.6 is 0 Å². The third kappa shape index (κ3) is 5.44. The first-order valence-corrected chi connectivity index (χ1v) is 9.47. The summed E-state index contributed by atoms with van der Waals surface area (Å²) in [7, 11) is -4.33. The Morgan fingerprint density at radius 2 is 1.65 bits per heavy atom. The van der Waals surface area contributed by atoms with Crippen LogP contribution in [0.5, 0.6) is 0 Å². The lowest BCUT2D eigenvalue weighted by Gasteiger charge is -2.14. The van der Waals surface area contributed by atoms with E-state index in [2.05, 4.69) is 10.6 Å². The van der Waals surface area contributed by atoms with E-state index < -0.39 is 10.1 Å². The number of hydrogen-bond acceptors (Lipinski definition) is 4. The van der Waals surface area contributed by atoms with Crippen molar-refractivity contribution in [2.24, 2.45) is 0 Å². The highest BCUT2D eigenvalue weighted by molar-refractivity contribution is 7.85. The van der Waals surface area contributed by atoms with Crippen molar-refractivity contribution in [3.05, 3.63) is 83.4 Å². The van der Waals surface area contributed by atoms with Gasteiger partial charge >= 0.3 is 0 Å². The molecule has 0 fully saturated rings. The fourth-order valence-corrected chi connectivity index (χ4v) is 3.79. The normalized spacial score (nSPS) is 10.9. The van der Waals surface area contributed by atoms with Crippen molar-refractivity contribution < 1.29 is 17.6 Å². The molecule has 0 radical (unpaired) electrons. The molecule has 0 saturated carbocycles. The minimum absolute atomic E-state index is 0.0851. The van der Waals surface area contributed by atoms with Crippen LogP contribution in [0.1, 0.15) is 22.3 Å². The van der Waals surface area contributed by atoms with Gasteiger partial charge in [-0.15, -0.1) is 0 Å². The number of nitrogens with two attached hydrogens (primary N) is 1. The maximum absolute atomic E-state index is 10.8. The number of aryl methyl sites for hydroxylation is 3. The molecule has 0 saturated heterocycles. The average Bonchev–Trinajstić information content (AvgIpc) is 2.98. The summed E-state index contributed by atoms with van der Waals surface area (Å²) in [4.78, 5) is -0.0851. The van der Waals surface area contributed by atoms with E-state index in [1.54, 1.807) is 30.7 Å². The Morgan fingerprint density at radius 1 is 1.08 bits per heavy atom. The van der Waals surface area contributed by atoms with Gasteiger partial charge < -0.3 is 9.12 Å². The molecule has 3 rings (SSSR count). The summed E-state index contributed by atoms with van der Waals surface area (Å²) in [6.07, 6.45) is 7.81. The van der Waals surface area contributed by atoms with Gasteiger partial charge in [-0.3, -0.25) is 0 Å². The van der Waals surface area contributed by atoms with E-state index in [1.807, 2.05) is 49.9 Å². The van der Waals surface area contributed by atoms with Gasteiger partial charge in [-0.05, 0) is 50.1 Å². The lowest BCUT2D eigenvalue weighted by atomic mass is 10.1. The summed E-state index contributed by atoms with van der Waals surface area (Å²) in [5.41, 5.74) is 3.20. The highest BCUT2D eigenvalue weighted by atomic mass is 32.2. The van der Waals surface area contributed by atoms with Gasteiger partial charge in [-0.2, -0.15) is 0 Å². The Balaban J connectivity index is 0.000000187. The van der Waals surface area contributed by atoms with Crippen molar-refractivity contribution in [1.82, 2.24) is 4.57 Å². The average molecular weight is 373 g/mol. The van der Waals surface area contributed by atoms with Crippen molar-refractivity contribution in [2.75, 3.05) is 5.84 Å². The van der Waals surface area contributed by atoms with Crippen molar-refractivity contribution in [3.63, 3.8) is 0 Å². The van der Waals surface area contributed by atoms with Crippen LogP contribution in [-0.2, 0) is 16.7 Å². The number of nitrogens with zero attached hydrogens (tertiary/aromatic N) is 2. The number of nitrogen functional groups attached to an aromatic ring is 1. The number of aromatic nitrogens is 2. The van der Waals surface area contributed by atoms with Gasteiger partial charge in [-0.1, -0.05) is 22.4 Å². The molecule has 0 aliphatic carbocycles. The van der Waals surface area contributed by atoms with Gasteiger partial charge in [-0.25, -0.2) is 14.3 Å². The van der Waals surface area contributed by atoms with Gasteiger partial charge in [0.05, 0.1) is 11.4 Å². The predicted molar refractivity (Wildman–Crippen MR) is 98.9 cm³/mol. The Kier molecular flexibility index (Phi) is 6.18. The lowest BCUT2D eigenvalue weighted by Crippen LogP contribution is -2.43. The van der Waals surface area contributed by atoms with E-state index in [0.29, 0.717) is 11.1 Å². The van der Waals surface area contributed by atoms with Crippen LogP contribution in [0.25, 0.3) is 0 Å². The largest absolute Gasteiger partial charge is 0.744 e. The fourth-order valence-electron chi connectivity index (χ4n) is 2.88. The molecule has 0 unspecified atom stereocenters. The van der Waals surface area contributed by atoms with Crippen molar-refractivity contribution in [3.8, 4) is 0 Å². The zero-order valence-electron chi connectivity index (χ0n) is 15.1. The van der Waals surface area contributed by atoms with Gasteiger partial charge in [0.25, 0.3) is 0 Å². The second-order valence-electron chi connectivity index (χ2n) is 6.20. The van der Waals surface area contributed by atoms with Gasteiger partial charge in [0, 0.05) is 24.0 Å². The molecule has 3 aromatic rings. The minimum atomic E-state index is -4.33. The van der Waals surface area contributed by atoms with E-state index >= 15 is 0 Å². The van der Waals surface area contributed by atoms with Gasteiger partial charge in [0.1, 0.15) is 10.1 Å². The van der Waals surface area contributed by atoms with E-state index in [4.69, 9.17) is 5.84 Å². The zero-order valence-corrected chi connectivity index (χ0v) is 15.9. The molecule has 0 amide bonds. The SMILES string of the molecule is Cc1cc(C)c(S(=O)(=O)[O-])c(C)c1.N[n+]1cccc(Cn2cccc2)c1. The highest BCUT2D eigenvalue weighted by Crippen LogP contribution is 2.20. The molecule has 2 aromatic heterocycles. The standard InChI is InChI=1S/C10H12N3.C9H12O3S/c11-13-7-3-4-10(9-13)8-12-5-1-2-6-12;1-6-4-7(2)9(8(3)5-6)13(10,11)12/h1-7,9H,8,11H2;4-5H,1-3H3,(H,10,11,12)/q+1;/p-1. The summed E-state index contributed by atoms with van der Waals surface area (Å²) in [5.74, 6) is 5.59. The molecular weight excluding hydrogens is 350 g/mol. The molecule has 7 heteroatoms. The smallest absolute Gasteiger partial charge is 0.204 e. The molecule has 2 N–H and O–H groups in total. The number of hydrogen-bond donors (Lipinski definition) is 1. The number of benzene rings is 1. The Labute approximate surface area is 154 Å². The Bertz CT molecular complexity index is 958. The maximum Gasteiger partial charge on any atom is 0.204 e. The van der Waals surface area contributed by atoms with Crippen LogP contribution in [0.4, 0.5) is 0 Å². The number of pyridine rings is 1. The summed E-state index contributed by atoms with van der Waals surface area (Å²) in [5, 5.41) is 0. The second-order valence-corrected chi connectivity index (χ2v) is 7.51. The molecule has 6 nitrogen and oxygen atoms in total. The van der Waals surface area contributed by atoms with Gasteiger partial charge in [0.2, 0.25) is 6.20 Å². The molecule has 0 bridgehead atoms. The second kappa shape index (κ2) is 8.16. The van der Waals surface area contributed by atoms with Crippen LogP contribution < -0.4 is 10.5 Å². The Morgan fingerprint density at radius 3 is 2.15 bits per heavy atom. The maximum atomic E-state index is 10.8. The molecule has 0 aliphatic heterocycles. The molecule has 0 spiro atoms. The molecule has 0 aliphatic rings. The van der Waals surface area contributed by atoms with Crippen LogP contribution in [0.15, 0.2) is 66.1 Å². The molecule has 26 heavy (non-hydrogen) atoms.